The van der Waals surface area contributed by atoms with E-state index in [-0.39, 0.29) is 11.4 Å². The van der Waals surface area contributed by atoms with Crippen molar-refractivity contribution < 1.29 is 23.4 Å². The van der Waals surface area contributed by atoms with Crippen LogP contribution in [0.15, 0.2) is 143 Å². The molecule has 4 heterocycles. The van der Waals surface area contributed by atoms with Crippen LogP contribution in [0.4, 0.5) is 11.4 Å². The van der Waals surface area contributed by atoms with Crippen molar-refractivity contribution in [2.24, 2.45) is 0 Å². The third-order valence-corrected chi connectivity index (χ3v) is 13.0. The van der Waals surface area contributed by atoms with Gasteiger partial charge in [-0.25, -0.2) is 9.78 Å². The molecule has 67 heavy (non-hydrogen) atoms. The van der Waals surface area contributed by atoms with Gasteiger partial charge in [0, 0.05) is 22.8 Å². The fourth-order valence-corrected chi connectivity index (χ4v) is 8.84. The summed E-state index contributed by atoms with van der Waals surface area (Å²) in [6.07, 6.45) is 0. The van der Waals surface area contributed by atoms with Crippen LogP contribution in [0.25, 0.3) is 22.6 Å². The van der Waals surface area contributed by atoms with Gasteiger partial charge < -0.3 is 23.9 Å². The molecule has 0 amide bonds. The Labute approximate surface area is 395 Å². The predicted octanol–water partition coefficient (Wildman–Crippen LogP) is 9.89. The van der Waals surface area contributed by atoms with Gasteiger partial charge in [0.15, 0.2) is 55.9 Å². The average Bonchev–Trinajstić information content (AvgIpc) is 3.61. The maximum absolute atomic E-state index is 12.8. The first-order valence-corrected chi connectivity index (χ1v) is 23.5. The molecule has 1 aliphatic carbocycles. The van der Waals surface area contributed by atoms with E-state index in [1.54, 1.807) is 6.07 Å². The number of rotatable bonds is 5. The molecule has 0 radical (unpaired) electrons. The molecule has 6 aromatic rings. The van der Waals surface area contributed by atoms with Crippen LogP contribution in [-0.2, 0) is 10.3 Å². The van der Waals surface area contributed by atoms with Crippen molar-refractivity contribution in [1.29, 1.82) is 0 Å². The van der Waals surface area contributed by atoms with Crippen molar-refractivity contribution in [3.8, 4) is 34.5 Å². The first kappa shape index (κ1) is 45.3. The van der Waals surface area contributed by atoms with Gasteiger partial charge in [0.2, 0.25) is 0 Å². The Morgan fingerprint density at radius 1 is 0.478 bits per heavy atom. The van der Waals surface area contributed by atoms with Gasteiger partial charge >= 0.3 is 5.97 Å². The minimum atomic E-state index is -0.971. The first-order valence-electron chi connectivity index (χ1n) is 23.5. The van der Waals surface area contributed by atoms with Crippen LogP contribution in [0.5, 0.6) is 23.0 Å². The summed E-state index contributed by atoms with van der Waals surface area (Å²) in [6.45, 7) is 23.9. The molecule has 0 saturated heterocycles. The monoisotopic (exact) mass is 880 g/mol. The summed E-state index contributed by atoms with van der Waals surface area (Å²) < 4.78 is 24.5. The van der Waals surface area contributed by atoms with Gasteiger partial charge in [-0.2, -0.15) is 0 Å². The molecule has 5 aliphatic rings. The number of hydrogen-bond donors (Lipinski definition) is 1. The summed E-state index contributed by atoms with van der Waals surface area (Å²) in [5, 5.41) is 3.45. The zero-order valence-electron chi connectivity index (χ0n) is 40.0. The number of carbonyl (C=O) groups excluding carboxylic acids is 1. The molecule has 11 rings (SSSR count). The molecular weight excluding hydrogens is 827 g/mol. The molecule has 0 bridgehead atoms. The van der Waals surface area contributed by atoms with Gasteiger partial charge in [0.05, 0.1) is 16.9 Å². The summed E-state index contributed by atoms with van der Waals surface area (Å²) >= 11 is 0. The highest BCUT2D eigenvalue weighted by Crippen LogP contribution is 2.55. The van der Waals surface area contributed by atoms with Gasteiger partial charge in [-0.05, 0) is 66.7 Å². The van der Waals surface area contributed by atoms with Crippen LogP contribution >= 0.6 is 0 Å². The Kier molecular flexibility index (Phi) is 12.2. The number of benzene rings is 7. The van der Waals surface area contributed by atoms with E-state index in [0.717, 1.165) is 62.2 Å². The van der Waals surface area contributed by atoms with Crippen molar-refractivity contribution >= 4 is 89.3 Å². The molecular formula is C54H53B5N2O6. The molecule has 8 nitrogen and oxygen atoms in total. The Bertz CT molecular complexity index is 3110. The topological polar surface area (TPSA) is 99.9 Å². The number of carbonyl (C=O) groups is 1. The van der Waals surface area contributed by atoms with E-state index in [4.69, 9.17) is 18.6 Å². The van der Waals surface area contributed by atoms with E-state index in [9.17, 15) is 9.59 Å². The molecule has 0 aromatic heterocycles. The normalized spacial score (nSPS) is 13.0. The lowest BCUT2D eigenvalue weighted by Crippen LogP contribution is -2.35. The summed E-state index contributed by atoms with van der Waals surface area (Å²) in [6, 6.07) is 43.6. The lowest BCUT2D eigenvalue weighted by atomic mass is 9.49. The summed E-state index contributed by atoms with van der Waals surface area (Å²) in [4.78, 5) is 28.6. The van der Waals surface area contributed by atoms with E-state index >= 15 is 0 Å². The second-order valence-electron chi connectivity index (χ2n) is 19.3. The van der Waals surface area contributed by atoms with Gasteiger partial charge in [-0.3, -0.25) is 4.79 Å². The largest absolute Gasteiger partial charge is 0.456 e. The summed E-state index contributed by atoms with van der Waals surface area (Å²) in [5.41, 5.74) is 12.7. The quantitative estimate of drug-likeness (QED) is 0.104. The first-order chi connectivity index (χ1) is 32.1. The SMILES string of the molecule is CB(C)c1ccc2c(c1)Oc1cc(B(C)C)ccc1C21OC(=O)c2ccccc21.CB(C)c1ccc2c(c1)Oc1cc(B(C)C)ccc1N2.CB(C)c1ccc2nc3ccc(=O)cc-3oc2c1. The Hall–Kier alpha value is -6.87. The minimum absolute atomic E-state index is 0.0626. The molecule has 4 aliphatic heterocycles. The Morgan fingerprint density at radius 2 is 0.955 bits per heavy atom. The van der Waals surface area contributed by atoms with Crippen LogP contribution in [0, 0.1) is 0 Å². The van der Waals surface area contributed by atoms with Crippen LogP contribution in [-0.4, -0.2) is 44.5 Å². The lowest BCUT2D eigenvalue weighted by molar-refractivity contribution is 0.0224. The molecule has 0 fully saturated rings. The zero-order valence-corrected chi connectivity index (χ0v) is 40.0. The van der Waals surface area contributed by atoms with Gasteiger partial charge in [0.1, 0.15) is 34.2 Å². The molecule has 1 spiro atoms. The number of nitrogens with zero attached hydrogens (tertiary/aromatic N) is 1. The predicted molar refractivity (Wildman–Crippen MR) is 283 cm³/mol. The minimum Gasteiger partial charge on any atom is -0.456 e. The smallest absolute Gasteiger partial charge is 0.340 e. The number of ether oxygens (including phenoxy) is 3. The number of nitrogens with one attached hydrogen (secondary N) is 1. The van der Waals surface area contributed by atoms with Crippen molar-refractivity contribution in [2.45, 2.75) is 73.8 Å². The van der Waals surface area contributed by atoms with Crippen LogP contribution < -0.4 is 47.5 Å². The Morgan fingerprint density at radius 3 is 1.51 bits per heavy atom. The second-order valence-corrected chi connectivity index (χ2v) is 19.3. The molecule has 13 heteroatoms. The van der Waals surface area contributed by atoms with Crippen LogP contribution in [0.1, 0.15) is 27.0 Å². The van der Waals surface area contributed by atoms with Crippen LogP contribution in [0.3, 0.4) is 0 Å². The standard InChI is InChI=1S/C24H22B2O3.C16H19B2NO.C14H12BNO2/c1-25(2)15-9-11-19-21(13-15)28-22-14-16(26(3)4)10-12-20(22)24(19)18-8-6-5-7-17(18)23(27)29-24;1-17(2)11-5-7-13-15(9-11)20-16-10-12(18(3)4)6-8-14(16)19-13;1-15(2)9-3-5-11-13(7-9)18-14-8-10(17)4-6-12(14)16-11/h5-14H,1-4H3;5-10,19H,1-4H3;3-8H,1-2H3. The maximum Gasteiger partial charge on any atom is 0.340 e. The molecule has 1 N–H and O–H groups in total. The van der Waals surface area contributed by atoms with Gasteiger partial charge in [0.25, 0.3) is 0 Å². The highest BCUT2D eigenvalue weighted by molar-refractivity contribution is 6.72. The maximum atomic E-state index is 12.8. The van der Waals surface area contributed by atoms with Gasteiger partial charge in [-0.1, -0.05) is 156 Å². The third-order valence-electron chi connectivity index (χ3n) is 13.0. The third kappa shape index (κ3) is 8.68. The number of anilines is 2. The van der Waals surface area contributed by atoms with Crippen molar-refractivity contribution in [3.05, 3.63) is 166 Å². The van der Waals surface area contributed by atoms with Crippen molar-refractivity contribution in [2.75, 3.05) is 5.32 Å². The number of aromatic nitrogens is 1. The van der Waals surface area contributed by atoms with E-state index in [1.165, 1.54) is 39.4 Å². The van der Waals surface area contributed by atoms with E-state index in [1.807, 2.05) is 36.4 Å². The lowest BCUT2D eigenvalue weighted by Gasteiger charge is -2.37. The fraction of sp³-hybridized carbons (Fsp3) is 0.204. The Balaban J connectivity index is 0.000000131. The van der Waals surface area contributed by atoms with E-state index in [0.29, 0.717) is 50.6 Å². The van der Waals surface area contributed by atoms with Crippen molar-refractivity contribution in [3.63, 3.8) is 0 Å². The van der Waals surface area contributed by atoms with Crippen LogP contribution in [0.2, 0.25) is 68.2 Å². The molecule has 6 aromatic carbocycles. The average molecular weight is 880 g/mol. The molecule has 0 atom stereocenters. The number of esters is 1. The number of fused-ring (bicyclic) bond motifs is 10. The molecule has 0 unspecified atom stereocenters. The van der Waals surface area contributed by atoms with Gasteiger partial charge in [-0.15, -0.1) is 0 Å². The highest BCUT2D eigenvalue weighted by Gasteiger charge is 2.53. The zero-order chi connectivity index (χ0) is 47.3. The molecule has 330 valence electrons. The number of hydrogen-bond acceptors (Lipinski definition) is 8. The highest BCUT2D eigenvalue weighted by atomic mass is 16.6. The van der Waals surface area contributed by atoms with E-state index < -0.39 is 5.60 Å². The van der Waals surface area contributed by atoms with E-state index in [2.05, 4.69) is 157 Å². The van der Waals surface area contributed by atoms with Crippen molar-refractivity contribution in [1.82, 2.24) is 4.98 Å². The summed E-state index contributed by atoms with van der Waals surface area (Å²) in [7, 11) is 0. The second kappa shape index (κ2) is 18.1. The molecule has 0 saturated carbocycles. The fourth-order valence-electron chi connectivity index (χ4n) is 8.84. The summed E-state index contributed by atoms with van der Waals surface area (Å²) in [5.74, 6) is 3.61.